The van der Waals surface area contributed by atoms with Gasteiger partial charge in [-0.15, -0.1) is 0 Å². The Bertz CT molecular complexity index is 435. The van der Waals surface area contributed by atoms with Crippen molar-refractivity contribution >= 4 is 5.69 Å². The summed E-state index contributed by atoms with van der Waals surface area (Å²) in [4.78, 5) is 14.3. The van der Waals surface area contributed by atoms with E-state index in [1.165, 1.54) is 12.1 Å². The lowest BCUT2D eigenvalue weighted by molar-refractivity contribution is -0.385. The Kier molecular flexibility index (Phi) is 4.62. The Morgan fingerprint density at radius 3 is 2.67 bits per heavy atom. The molecule has 1 N–H and O–H groups in total. The topological polar surface area (TPSA) is 64.4 Å². The lowest BCUT2D eigenvalue weighted by Crippen LogP contribution is -2.24. The molecule has 0 aliphatic heterocycles. The maximum absolute atomic E-state index is 11.7. The smallest absolute Gasteiger partial charge is 0.292 e. The molecule has 0 radical (unpaired) electrons. The van der Waals surface area contributed by atoms with E-state index in [1.807, 2.05) is 0 Å². The van der Waals surface area contributed by atoms with Crippen LogP contribution in [-0.2, 0) is 11.4 Å². The number of rotatable bonds is 5. The van der Waals surface area contributed by atoms with Crippen LogP contribution in [-0.4, -0.2) is 17.7 Å². The van der Waals surface area contributed by atoms with Crippen molar-refractivity contribution in [1.82, 2.24) is 5.48 Å². The third-order valence-corrected chi connectivity index (χ3v) is 2.08. The molecule has 0 aromatic heterocycles. The third-order valence-electron chi connectivity index (χ3n) is 2.08. The number of aryl methyl sites for hydroxylation is 1. The molecular weight excluding hydrogens is 253 g/mol. The molecule has 0 spiro atoms. The van der Waals surface area contributed by atoms with E-state index in [1.54, 1.807) is 13.0 Å². The van der Waals surface area contributed by atoms with Crippen LogP contribution in [0.1, 0.15) is 11.1 Å². The molecule has 1 aromatic carbocycles. The molecule has 1 rings (SSSR count). The van der Waals surface area contributed by atoms with Crippen molar-refractivity contribution < 1.29 is 22.9 Å². The molecule has 0 amide bonds. The lowest BCUT2D eigenvalue weighted by atomic mass is 10.1. The Hall–Kier alpha value is -1.67. The van der Waals surface area contributed by atoms with Gasteiger partial charge in [-0.2, -0.15) is 18.7 Å². The number of nitrogens with one attached hydrogen (secondary N) is 1. The van der Waals surface area contributed by atoms with Crippen LogP contribution in [0, 0.1) is 17.0 Å². The summed E-state index contributed by atoms with van der Waals surface area (Å²) in [5.74, 6) is 0. The van der Waals surface area contributed by atoms with Crippen LogP contribution in [0.3, 0.4) is 0 Å². The summed E-state index contributed by atoms with van der Waals surface area (Å²) in [6.45, 7) is 0.119. The summed E-state index contributed by atoms with van der Waals surface area (Å²) in [6.07, 6.45) is -4.41. The minimum Gasteiger partial charge on any atom is -0.292 e. The first-order valence-electron chi connectivity index (χ1n) is 4.95. The van der Waals surface area contributed by atoms with Crippen molar-refractivity contribution in [3.63, 3.8) is 0 Å². The first-order chi connectivity index (χ1) is 8.29. The third kappa shape index (κ3) is 4.68. The van der Waals surface area contributed by atoms with Crippen LogP contribution >= 0.6 is 0 Å². The SMILES string of the molecule is Cc1ccc(CNOCC(F)(F)F)cc1[N+](=O)[O-]. The highest BCUT2D eigenvalue weighted by Crippen LogP contribution is 2.19. The van der Waals surface area contributed by atoms with Crippen molar-refractivity contribution in [2.24, 2.45) is 0 Å². The second-order valence-electron chi connectivity index (χ2n) is 3.60. The van der Waals surface area contributed by atoms with Crippen LogP contribution in [0.25, 0.3) is 0 Å². The number of hydrogen-bond acceptors (Lipinski definition) is 4. The number of halogens is 3. The van der Waals surface area contributed by atoms with Gasteiger partial charge in [-0.3, -0.25) is 15.0 Å². The highest BCUT2D eigenvalue weighted by atomic mass is 19.4. The number of alkyl halides is 3. The molecule has 0 unspecified atom stereocenters. The molecule has 0 fully saturated rings. The molecule has 100 valence electrons. The van der Waals surface area contributed by atoms with Gasteiger partial charge in [0.15, 0.2) is 6.61 Å². The fourth-order valence-electron chi connectivity index (χ4n) is 1.23. The minimum absolute atomic E-state index is 0.0444. The Morgan fingerprint density at radius 2 is 2.11 bits per heavy atom. The predicted octanol–water partition coefficient (Wildman–Crippen LogP) is 2.49. The molecule has 0 saturated carbocycles. The molecule has 0 saturated heterocycles. The fraction of sp³-hybridized carbons (Fsp3) is 0.400. The van der Waals surface area contributed by atoms with Crippen molar-refractivity contribution in [3.05, 3.63) is 39.4 Å². The van der Waals surface area contributed by atoms with Crippen LogP contribution in [0.4, 0.5) is 18.9 Å². The van der Waals surface area contributed by atoms with Crippen LogP contribution in [0.5, 0.6) is 0 Å². The van der Waals surface area contributed by atoms with Gasteiger partial charge < -0.3 is 0 Å². The first kappa shape index (κ1) is 14.4. The van der Waals surface area contributed by atoms with Gasteiger partial charge in [0.25, 0.3) is 5.69 Å². The molecule has 0 aliphatic rings. The number of nitro groups is 1. The molecule has 0 atom stereocenters. The van der Waals surface area contributed by atoms with Crippen LogP contribution < -0.4 is 5.48 Å². The molecular formula is C10H11F3N2O3. The molecule has 0 heterocycles. The highest BCUT2D eigenvalue weighted by Gasteiger charge is 2.27. The molecule has 1 aromatic rings. The first-order valence-corrected chi connectivity index (χ1v) is 4.95. The van der Waals surface area contributed by atoms with Gasteiger partial charge in [0.2, 0.25) is 0 Å². The zero-order valence-electron chi connectivity index (χ0n) is 9.45. The van der Waals surface area contributed by atoms with Crippen molar-refractivity contribution in [2.75, 3.05) is 6.61 Å². The Morgan fingerprint density at radius 1 is 1.44 bits per heavy atom. The van der Waals surface area contributed by atoms with Crippen LogP contribution in [0.2, 0.25) is 0 Å². The molecule has 18 heavy (non-hydrogen) atoms. The molecule has 0 bridgehead atoms. The van der Waals surface area contributed by atoms with Crippen LogP contribution in [0.15, 0.2) is 18.2 Å². The number of nitrogens with zero attached hydrogens (tertiary/aromatic N) is 1. The summed E-state index contributed by atoms with van der Waals surface area (Å²) in [5, 5.41) is 10.6. The summed E-state index contributed by atoms with van der Waals surface area (Å²) in [7, 11) is 0. The number of nitro benzene ring substituents is 1. The number of benzene rings is 1. The van der Waals surface area contributed by atoms with E-state index in [4.69, 9.17) is 0 Å². The van der Waals surface area contributed by atoms with Gasteiger partial charge in [0.05, 0.1) is 4.92 Å². The normalized spacial score (nSPS) is 11.6. The van der Waals surface area contributed by atoms with E-state index in [-0.39, 0.29) is 12.2 Å². The maximum Gasteiger partial charge on any atom is 0.413 e. The van der Waals surface area contributed by atoms with Gasteiger partial charge in [-0.1, -0.05) is 12.1 Å². The summed E-state index contributed by atoms with van der Waals surface area (Å²) < 4.78 is 35.2. The monoisotopic (exact) mass is 264 g/mol. The maximum atomic E-state index is 11.7. The Labute approximate surface area is 101 Å². The largest absolute Gasteiger partial charge is 0.413 e. The van der Waals surface area contributed by atoms with Crippen molar-refractivity contribution in [2.45, 2.75) is 19.6 Å². The highest BCUT2D eigenvalue weighted by molar-refractivity contribution is 5.42. The van der Waals surface area contributed by atoms with E-state index in [0.717, 1.165) is 0 Å². The summed E-state index contributed by atoms with van der Waals surface area (Å²) in [5.41, 5.74) is 2.98. The van der Waals surface area contributed by atoms with E-state index in [0.29, 0.717) is 11.1 Å². The van der Waals surface area contributed by atoms with Gasteiger partial charge in [0, 0.05) is 18.2 Å². The van der Waals surface area contributed by atoms with Gasteiger partial charge in [-0.25, -0.2) is 0 Å². The second-order valence-corrected chi connectivity index (χ2v) is 3.60. The van der Waals surface area contributed by atoms with E-state index >= 15 is 0 Å². The second kappa shape index (κ2) is 5.78. The summed E-state index contributed by atoms with van der Waals surface area (Å²) in [6, 6.07) is 4.39. The quantitative estimate of drug-likeness (QED) is 0.504. The summed E-state index contributed by atoms with van der Waals surface area (Å²) >= 11 is 0. The van der Waals surface area contributed by atoms with E-state index < -0.39 is 17.7 Å². The average Bonchev–Trinajstić information content (AvgIpc) is 2.24. The predicted molar refractivity (Wildman–Crippen MR) is 56.7 cm³/mol. The zero-order valence-corrected chi connectivity index (χ0v) is 9.45. The minimum atomic E-state index is -4.41. The average molecular weight is 264 g/mol. The standard InChI is InChI=1S/C10H11F3N2O3/c1-7-2-3-8(4-9(7)15(16)17)5-14-18-6-10(11,12)13/h2-4,14H,5-6H2,1H3. The number of hydrogen-bond donors (Lipinski definition) is 1. The van der Waals surface area contributed by atoms with Gasteiger partial charge in [0.1, 0.15) is 0 Å². The Balaban J connectivity index is 2.53. The van der Waals surface area contributed by atoms with E-state index in [2.05, 4.69) is 10.3 Å². The van der Waals surface area contributed by atoms with Gasteiger partial charge in [-0.05, 0) is 12.5 Å². The van der Waals surface area contributed by atoms with E-state index in [9.17, 15) is 23.3 Å². The zero-order chi connectivity index (χ0) is 13.8. The molecule has 8 heteroatoms. The lowest BCUT2D eigenvalue weighted by Gasteiger charge is -2.08. The van der Waals surface area contributed by atoms with Gasteiger partial charge >= 0.3 is 6.18 Å². The van der Waals surface area contributed by atoms with Crippen molar-refractivity contribution in [3.8, 4) is 0 Å². The van der Waals surface area contributed by atoms with Crippen molar-refractivity contribution in [1.29, 1.82) is 0 Å². The molecule has 5 nitrogen and oxygen atoms in total. The number of hydroxylamine groups is 1. The molecule has 0 aliphatic carbocycles. The fourth-order valence-corrected chi connectivity index (χ4v) is 1.23.